The number of hydrogen-bond acceptors (Lipinski definition) is 4. The van der Waals surface area contributed by atoms with Crippen LogP contribution in [0.1, 0.15) is 0 Å². The zero-order chi connectivity index (χ0) is 7.68. The summed E-state index contributed by atoms with van der Waals surface area (Å²) >= 11 is 1.55. The van der Waals surface area contributed by atoms with Crippen LogP contribution in [0.5, 0.6) is 0 Å². The Morgan fingerprint density at radius 3 is 3.18 bits per heavy atom. The molecule has 4 nitrogen and oxygen atoms in total. The lowest BCUT2D eigenvalue weighted by Gasteiger charge is -1.91. The van der Waals surface area contributed by atoms with Gasteiger partial charge in [0.15, 0.2) is 5.16 Å². The summed E-state index contributed by atoms with van der Waals surface area (Å²) in [6, 6.07) is 1.86. The molecule has 5 heteroatoms. The van der Waals surface area contributed by atoms with E-state index in [1.54, 1.807) is 18.0 Å². The van der Waals surface area contributed by atoms with E-state index in [1.165, 1.54) is 0 Å². The van der Waals surface area contributed by atoms with Crippen molar-refractivity contribution >= 4 is 17.5 Å². The highest BCUT2D eigenvalue weighted by Crippen LogP contribution is 2.10. The van der Waals surface area contributed by atoms with E-state index in [1.807, 2.05) is 22.9 Å². The standard InChI is InChI=1S/C6H6N4S/c1-11-6-9-8-5-7-3-2-4-10(5)6/h2-4H,1H3. The summed E-state index contributed by atoms with van der Waals surface area (Å²) < 4.78 is 1.85. The van der Waals surface area contributed by atoms with Crippen molar-refractivity contribution in [2.45, 2.75) is 5.16 Å². The Morgan fingerprint density at radius 1 is 1.45 bits per heavy atom. The van der Waals surface area contributed by atoms with Crippen LogP contribution in [0, 0.1) is 0 Å². The third-order valence-corrected chi connectivity index (χ3v) is 1.98. The summed E-state index contributed by atoms with van der Waals surface area (Å²) in [5, 5.41) is 8.67. The molecule has 2 rings (SSSR count). The maximum Gasteiger partial charge on any atom is 0.255 e. The highest BCUT2D eigenvalue weighted by atomic mass is 32.2. The Labute approximate surface area is 67.7 Å². The van der Waals surface area contributed by atoms with E-state index >= 15 is 0 Å². The minimum atomic E-state index is 0.650. The van der Waals surface area contributed by atoms with Crippen LogP contribution in [-0.2, 0) is 0 Å². The molecule has 0 bridgehead atoms. The lowest BCUT2D eigenvalue weighted by molar-refractivity contribution is 0.921. The molecule has 0 aliphatic carbocycles. The molecule has 2 aromatic rings. The molecule has 0 saturated carbocycles. The van der Waals surface area contributed by atoms with Gasteiger partial charge in [-0.05, 0) is 12.3 Å². The second-order valence-electron chi connectivity index (χ2n) is 1.98. The number of thioether (sulfide) groups is 1. The topological polar surface area (TPSA) is 43.1 Å². The fourth-order valence-corrected chi connectivity index (χ4v) is 1.32. The molecule has 0 aromatic carbocycles. The smallest absolute Gasteiger partial charge is 0.255 e. The molecule has 0 atom stereocenters. The number of hydrogen-bond donors (Lipinski definition) is 0. The van der Waals surface area contributed by atoms with Crippen molar-refractivity contribution in [2.24, 2.45) is 0 Å². The van der Waals surface area contributed by atoms with Crippen molar-refractivity contribution in [3.63, 3.8) is 0 Å². The Balaban J connectivity index is 2.76. The first-order valence-electron chi connectivity index (χ1n) is 3.11. The molecular weight excluding hydrogens is 160 g/mol. The van der Waals surface area contributed by atoms with Gasteiger partial charge in [0.05, 0.1) is 0 Å². The zero-order valence-corrected chi connectivity index (χ0v) is 6.75. The molecular formula is C6H6N4S. The average molecular weight is 166 g/mol. The van der Waals surface area contributed by atoms with Gasteiger partial charge < -0.3 is 0 Å². The van der Waals surface area contributed by atoms with E-state index in [4.69, 9.17) is 0 Å². The average Bonchev–Trinajstić information content (AvgIpc) is 2.47. The molecule has 0 radical (unpaired) electrons. The van der Waals surface area contributed by atoms with Crippen LogP contribution >= 0.6 is 11.8 Å². The fraction of sp³-hybridized carbons (Fsp3) is 0.167. The fourth-order valence-electron chi connectivity index (χ4n) is 0.861. The van der Waals surface area contributed by atoms with Crippen LogP contribution in [0.15, 0.2) is 23.6 Å². The van der Waals surface area contributed by atoms with Crippen LogP contribution in [0.3, 0.4) is 0 Å². The highest BCUT2D eigenvalue weighted by molar-refractivity contribution is 7.98. The third-order valence-electron chi connectivity index (χ3n) is 1.34. The van der Waals surface area contributed by atoms with Gasteiger partial charge in [0.1, 0.15) is 0 Å². The van der Waals surface area contributed by atoms with E-state index in [-0.39, 0.29) is 0 Å². The molecule has 0 aliphatic rings. The summed E-state index contributed by atoms with van der Waals surface area (Å²) in [5.74, 6) is 0.650. The van der Waals surface area contributed by atoms with E-state index in [0.29, 0.717) is 5.78 Å². The number of rotatable bonds is 1. The van der Waals surface area contributed by atoms with E-state index < -0.39 is 0 Å². The maximum absolute atomic E-state index is 4.03. The molecule has 11 heavy (non-hydrogen) atoms. The Hall–Kier alpha value is -1.10. The van der Waals surface area contributed by atoms with Crippen molar-refractivity contribution in [1.29, 1.82) is 0 Å². The van der Waals surface area contributed by atoms with Gasteiger partial charge in [0, 0.05) is 12.4 Å². The molecule has 56 valence electrons. The van der Waals surface area contributed by atoms with E-state index in [0.717, 1.165) is 5.16 Å². The van der Waals surface area contributed by atoms with Crippen molar-refractivity contribution < 1.29 is 0 Å². The van der Waals surface area contributed by atoms with Gasteiger partial charge in [-0.2, -0.15) is 0 Å². The van der Waals surface area contributed by atoms with Gasteiger partial charge in [-0.3, -0.25) is 4.40 Å². The van der Waals surface area contributed by atoms with Crippen molar-refractivity contribution in [2.75, 3.05) is 6.26 Å². The van der Waals surface area contributed by atoms with Crippen molar-refractivity contribution in [3.8, 4) is 0 Å². The van der Waals surface area contributed by atoms with Crippen LogP contribution in [-0.4, -0.2) is 25.8 Å². The molecule has 0 spiro atoms. The van der Waals surface area contributed by atoms with Gasteiger partial charge in [-0.1, -0.05) is 11.8 Å². The molecule has 0 fully saturated rings. The van der Waals surface area contributed by atoms with E-state index in [2.05, 4.69) is 15.2 Å². The van der Waals surface area contributed by atoms with Gasteiger partial charge in [-0.25, -0.2) is 4.98 Å². The first-order valence-corrected chi connectivity index (χ1v) is 4.34. The first kappa shape index (κ1) is 6.60. The summed E-state index contributed by atoms with van der Waals surface area (Å²) in [6.07, 6.45) is 5.56. The number of nitrogens with zero attached hydrogens (tertiary/aromatic N) is 4. The predicted molar refractivity (Wildman–Crippen MR) is 42.6 cm³/mol. The van der Waals surface area contributed by atoms with Gasteiger partial charge in [0.2, 0.25) is 0 Å². The minimum absolute atomic E-state index is 0.650. The van der Waals surface area contributed by atoms with Gasteiger partial charge >= 0.3 is 0 Å². The van der Waals surface area contributed by atoms with E-state index in [9.17, 15) is 0 Å². The lowest BCUT2D eigenvalue weighted by atomic mass is 10.7. The predicted octanol–water partition coefficient (Wildman–Crippen LogP) is 0.846. The Morgan fingerprint density at radius 2 is 2.36 bits per heavy atom. The largest absolute Gasteiger partial charge is 0.261 e. The Kier molecular flexibility index (Phi) is 1.50. The molecule has 2 aromatic heterocycles. The van der Waals surface area contributed by atoms with Crippen LogP contribution in [0.25, 0.3) is 5.78 Å². The van der Waals surface area contributed by atoms with Crippen LogP contribution in [0.2, 0.25) is 0 Å². The quantitative estimate of drug-likeness (QED) is 0.589. The number of aromatic nitrogens is 4. The monoisotopic (exact) mass is 166 g/mol. The second-order valence-corrected chi connectivity index (χ2v) is 2.75. The summed E-state index contributed by atoms with van der Waals surface area (Å²) in [7, 11) is 0. The molecule has 0 amide bonds. The molecule has 2 heterocycles. The van der Waals surface area contributed by atoms with Crippen LogP contribution in [0.4, 0.5) is 0 Å². The normalized spacial score (nSPS) is 10.6. The van der Waals surface area contributed by atoms with Crippen molar-refractivity contribution in [1.82, 2.24) is 19.6 Å². The summed E-state index contributed by atoms with van der Waals surface area (Å²) in [4.78, 5) is 4.03. The summed E-state index contributed by atoms with van der Waals surface area (Å²) in [6.45, 7) is 0. The van der Waals surface area contributed by atoms with Crippen molar-refractivity contribution in [3.05, 3.63) is 18.5 Å². The minimum Gasteiger partial charge on any atom is -0.261 e. The Bertz CT molecular complexity index is 369. The summed E-state index contributed by atoms with van der Waals surface area (Å²) in [5.41, 5.74) is 0. The lowest BCUT2D eigenvalue weighted by Crippen LogP contribution is -1.86. The third kappa shape index (κ3) is 0.970. The maximum atomic E-state index is 4.03. The highest BCUT2D eigenvalue weighted by Gasteiger charge is 2.01. The van der Waals surface area contributed by atoms with Crippen LogP contribution < -0.4 is 0 Å². The first-order chi connectivity index (χ1) is 5.42. The SMILES string of the molecule is CSc1nnc2ncccn12. The zero-order valence-electron chi connectivity index (χ0n) is 5.93. The number of fused-ring (bicyclic) bond motifs is 1. The molecule has 0 N–H and O–H groups in total. The molecule has 0 aliphatic heterocycles. The van der Waals surface area contributed by atoms with Gasteiger partial charge in [-0.15, -0.1) is 10.2 Å². The second kappa shape index (κ2) is 2.50. The molecule has 0 unspecified atom stereocenters. The van der Waals surface area contributed by atoms with Gasteiger partial charge in [0.25, 0.3) is 5.78 Å². The molecule has 0 saturated heterocycles.